The maximum absolute atomic E-state index is 12.5. The molecule has 0 aliphatic heterocycles. The van der Waals surface area contributed by atoms with Crippen LogP contribution >= 0.6 is 11.8 Å². The fraction of sp³-hybridized carbons (Fsp3) is 0.417. The zero-order valence-electron chi connectivity index (χ0n) is 17.4. The lowest BCUT2D eigenvalue weighted by Crippen LogP contribution is -2.29. The number of benzene rings is 2. The Morgan fingerprint density at radius 3 is 2.43 bits per heavy atom. The van der Waals surface area contributed by atoms with Gasteiger partial charge >= 0.3 is 0 Å². The van der Waals surface area contributed by atoms with Crippen molar-refractivity contribution in [1.29, 1.82) is 0 Å². The molecule has 5 nitrogen and oxygen atoms in total. The lowest BCUT2D eigenvalue weighted by atomic mass is 10.1. The first kappa shape index (κ1) is 20.9. The summed E-state index contributed by atoms with van der Waals surface area (Å²) >= 11 is 1.63. The molecule has 2 N–H and O–H groups in total. The minimum Gasteiger partial charge on any atom is -0.349 e. The molecule has 2 aliphatic rings. The zero-order valence-corrected chi connectivity index (χ0v) is 18.2. The van der Waals surface area contributed by atoms with Gasteiger partial charge in [0.25, 0.3) is 5.91 Å². The SMILES string of the molecule is CSc1ccccc1NC(=O)CCN(Cc1ccc(C(=O)NC2CC2)cc1)C1CC1. The summed E-state index contributed by atoms with van der Waals surface area (Å²) in [6, 6.07) is 16.7. The Morgan fingerprint density at radius 2 is 1.77 bits per heavy atom. The van der Waals surface area contributed by atoms with E-state index in [-0.39, 0.29) is 11.8 Å². The highest BCUT2D eigenvalue weighted by atomic mass is 32.2. The predicted molar refractivity (Wildman–Crippen MR) is 122 cm³/mol. The predicted octanol–water partition coefficient (Wildman–Crippen LogP) is 4.29. The normalized spacial score (nSPS) is 15.8. The molecule has 0 unspecified atom stereocenters. The molecule has 0 atom stereocenters. The third kappa shape index (κ3) is 5.86. The summed E-state index contributed by atoms with van der Waals surface area (Å²) in [4.78, 5) is 28.1. The van der Waals surface area contributed by atoms with Crippen molar-refractivity contribution in [1.82, 2.24) is 10.2 Å². The number of nitrogens with one attached hydrogen (secondary N) is 2. The molecule has 0 radical (unpaired) electrons. The number of anilines is 1. The van der Waals surface area contributed by atoms with Crippen LogP contribution in [-0.4, -0.2) is 41.6 Å². The number of rotatable bonds is 10. The van der Waals surface area contributed by atoms with Crippen molar-refractivity contribution in [3.8, 4) is 0 Å². The van der Waals surface area contributed by atoms with E-state index in [1.165, 1.54) is 18.4 Å². The van der Waals surface area contributed by atoms with E-state index in [2.05, 4.69) is 15.5 Å². The lowest BCUT2D eigenvalue weighted by Gasteiger charge is -2.22. The van der Waals surface area contributed by atoms with E-state index in [0.717, 1.165) is 42.1 Å². The summed E-state index contributed by atoms with van der Waals surface area (Å²) in [6.45, 7) is 1.55. The summed E-state index contributed by atoms with van der Waals surface area (Å²) in [6.07, 6.45) is 7.06. The fourth-order valence-corrected chi connectivity index (χ4v) is 4.08. The smallest absolute Gasteiger partial charge is 0.251 e. The number of nitrogens with zero attached hydrogens (tertiary/aromatic N) is 1. The monoisotopic (exact) mass is 423 g/mol. The van der Waals surface area contributed by atoms with E-state index >= 15 is 0 Å². The third-order valence-electron chi connectivity index (χ3n) is 5.58. The molecule has 0 saturated heterocycles. The van der Waals surface area contributed by atoms with Gasteiger partial charge in [0, 0.05) is 42.1 Å². The van der Waals surface area contributed by atoms with E-state index in [1.54, 1.807) is 11.8 Å². The van der Waals surface area contributed by atoms with Crippen molar-refractivity contribution in [3.05, 3.63) is 59.7 Å². The van der Waals surface area contributed by atoms with Crippen LogP contribution in [0.4, 0.5) is 5.69 Å². The van der Waals surface area contributed by atoms with Crippen molar-refractivity contribution < 1.29 is 9.59 Å². The Morgan fingerprint density at radius 1 is 1.03 bits per heavy atom. The number of carbonyl (C=O) groups excluding carboxylic acids is 2. The topological polar surface area (TPSA) is 61.4 Å². The van der Waals surface area contributed by atoms with E-state index in [9.17, 15) is 9.59 Å². The van der Waals surface area contributed by atoms with Crippen molar-refractivity contribution in [3.63, 3.8) is 0 Å². The number of hydrogen-bond acceptors (Lipinski definition) is 4. The maximum atomic E-state index is 12.5. The summed E-state index contributed by atoms with van der Waals surface area (Å²) in [5.74, 6) is 0.0690. The lowest BCUT2D eigenvalue weighted by molar-refractivity contribution is -0.116. The standard InChI is InChI=1S/C24H29N3O2S/c1-30-22-5-3-2-4-21(22)26-23(28)14-15-27(20-12-13-20)16-17-6-8-18(9-7-17)24(29)25-19-10-11-19/h2-9,19-20H,10-16H2,1H3,(H,25,29)(H,26,28). The Labute approximate surface area is 182 Å². The van der Waals surface area contributed by atoms with Crippen molar-refractivity contribution in [2.75, 3.05) is 18.1 Å². The molecule has 2 aromatic carbocycles. The molecule has 6 heteroatoms. The van der Waals surface area contributed by atoms with Crippen LogP contribution in [0.5, 0.6) is 0 Å². The van der Waals surface area contributed by atoms with Crippen LogP contribution in [0.25, 0.3) is 0 Å². The van der Waals surface area contributed by atoms with Gasteiger partial charge in [-0.25, -0.2) is 0 Å². The minimum atomic E-state index is 0.0188. The second-order valence-corrected chi connectivity index (χ2v) is 8.99. The molecule has 0 spiro atoms. The molecule has 30 heavy (non-hydrogen) atoms. The highest BCUT2D eigenvalue weighted by Gasteiger charge is 2.29. The highest BCUT2D eigenvalue weighted by Crippen LogP contribution is 2.29. The van der Waals surface area contributed by atoms with Gasteiger partial charge in [-0.2, -0.15) is 0 Å². The first-order valence-electron chi connectivity index (χ1n) is 10.7. The number of thioether (sulfide) groups is 1. The highest BCUT2D eigenvalue weighted by molar-refractivity contribution is 7.98. The molecule has 4 rings (SSSR count). The van der Waals surface area contributed by atoms with Gasteiger partial charge in [0.1, 0.15) is 0 Å². The average molecular weight is 424 g/mol. The summed E-state index contributed by atoms with van der Waals surface area (Å²) in [5, 5.41) is 6.07. The summed E-state index contributed by atoms with van der Waals surface area (Å²) in [7, 11) is 0. The molecule has 2 aliphatic carbocycles. The largest absolute Gasteiger partial charge is 0.349 e. The number of para-hydroxylation sites is 1. The second kappa shape index (κ2) is 9.67. The van der Waals surface area contributed by atoms with E-state index in [1.807, 2.05) is 54.8 Å². The van der Waals surface area contributed by atoms with Gasteiger partial charge in [-0.05, 0) is 61.8 Å². The number of carbonyl (C=O) groups is 2. The zero-order chi connectivity index (χ0) is 20.9. The van der Waals surface area contributed by atoms with E-state index in [4.69, 9.17) is 0 Å². The van der Waals surface area contributed by atoms with Crippen LogP contribution in [0.15, 0.2) is 53.4 Å². The Hall–Kier alpha value is -2.31. The molecule has 2 amide bonds. The minimum absolute atomic E-state index is 0.0188. The van der Waals surface area contributed by atoms with Crippen LogP contribution in [0.3, 0.4) is 0 Å². The van der Waals surface area contributed by atoms with E-state index in [0.29, 0.717) is 18.5 Å². The first-order chi connectivity index (χ1) is 14.6. The molecule has 0 heterocycles. The molecular formula is C24H29N3O2S. The Bertz CT molecular complexity index is 892. The van der Waals surface area contributed by atoms with Crippen LogP contribution < -0.4 is 10.6 Å². The number of hydrogen-bond donors (Lipinski definition) is 2. The molecule has 2 aromatic rings. The van der Waals surface area contributed by atoms with Gasteiger partial charge in [-0.3, -0.25) is 14.5 Å². The van der Waals surface area contributed by atoms with Crippen molar-refractivity contribution in [2.24, 2.45) is 0 Å². The number of amides is 2. The molecular weight excluding hydrogens is 394 g/mol. The van der Waals surface area contributed by atoms with Gasteiger partial charge < -0.3 is 10.6 Å². The Kier molecular flexibility index (Phi) is 6.75. The molecule has 2 saturated carbocycles. The van der Waals surface area contributed by atoms with E-state index < -0.39 is 0 Å². The first-order valence-corrected chi connectivity index (χ1v) is 11.9. The molecule has 0 bridgehead atoms. The van der Waals surface area contributed by atoms with Gasteiger partial charge in [0.15, 0.2) is 0 Å². The fourth-order valence-electron chi connectivity index (χ4n) is 3.53. The molecule has 0 aromatic heterocycles. The van der Waals surface area contributed by atoms with Gasteiger partial charge in [-0.1, -0.05) is 24.3 Å². The summed E-state index contributed by atoms with van der Waals surface area (Å²) in [5.41, 5.74) is 2.78. The van der Waals surface area contributed by atoms with Gasteiger partial charge in [0.05, 0.1) is 5.69 Å². The summed E-state index contributed by atoms with van der Waals surface area (Å²) < 4.78 is 0. The van der Waals surface area contributed by atoms with Crippen LogP contribution in [-0.2, 0) is 11.3 Å². The van der Waals surface area contributed by atoms with Crippen LogP contribution in [0.1, 0.15) is 48.0 Å². The quantitative estimate of drug-likeness (QED) is 0.560. The molecule has 2 fully saturated rings. The third-order valence-corrected chi connectivity index (χ3v) is 6.38. The van der Waals surface area contributed by atoms with Gasteiger partial charge in [0.2, 0.25) is 5.91 Å². The molecule has 158 valence electrons. The van der Waals surface area contributed by atoms with Crippen LogP contribution in [0, 0.1) is 0 Å². The van der Waals surface area contributed by atoms with Crippen molar-refractivity contribution in [2.45, 2.75) is 55.6 Å². The van der Waals surface area contributed by atoms with Crippen LogP contribution in [0.2, 0.25) is 0 Å². The maximum Gasteiger partial charge on any atom is 0.251 e. The van der Waals surface area contributed by atoms with Crippen molar-refractivity contribution >= 4 is 29.3 Å². The Balaban J connectivity index is 1.29. The average Bonchev–Trinajstić information content (AvgIpc) is 3.67. The van der Waals surface area contributed by atoms with Gasteiger partial charge in [-0.15, -0.1) is 11.8 Å². The second-order valence-electron chi connectivity index (χ2n) is 8.14.